The molecule has 0 spiro atoms. The van der Waals surface area contributed by atoms with Gasteiger partial charge in [-0.25, -0.2) is 4.79 Å². The number of carbonyl (C=O) groups is 1. The Morgan fingerprint density at radius 3 is 2.94 bits per heavy atom. The molecular formula is C12H7NO3. The van der Waals surface area contributed by atoms with Gasteiger partial charge in [0.05, 0.1) is 5.52 Å². The summed E-state index contributed by atoms with van der Waals surface area (Å²) in [6.45, 7) is 0. The lowest BCUT2D eigenvalue weighted by Crippen LogP contribution is -1.91. The van der Waals surface area contributed by atoms with Gasteiger partial charge in [0.1, 0.15) is 5.58 Å². The Balaban J connectivity index is 2.46. The summed E-state index contributed by atoms with van der Waals surface area (Å²) in [5.41, 5.74) is 1.37. The van der Waals surface area contributed by atoms with Gasteiger partial charge in [-0.2, -0.15) is 0 Å². The molecular weight excluding hydrogens is 206 g/mol. The van der Waals surface area contributed by atoms with Gasteiger partial charge in [-0.05, 0) is 12.1 Å². The van der Waals surface area contributed by atoms with Crippen LogP contribution < -0.4 is 0 Å². The van der Waals surface area contributed by atoms with Gasteiger partial charge < -0.3 is 9.52 Å². The van der Waals surface area contributed by atoms with E-state index in [1.54, 1.807) is 6.20 Å². The van der Waals surface area contributed by atoms with Crippen molar-refractivity contribution >= 4 is 27.8 Å². The maximum atomic E-state index is 10.8. The number of para-hydroxylation sites is 1. The number of rotatable bonds is 1. The minimum Gasteiger partial charge on any atom is -0.475 e. The number of pyridine rings is 1. The predicted octanol–water partition coefficient (Wildman–Crippen LogP) is 2.68. The normalized spacial score (nSPS) is 11.0. The third kappa shape index (κ3) is 1.16. The van der Waals surface area contributed by atoms with Crippen molar-refractivity contribution in [1.29, 1.82) is 0 Å². The Morgan fingerprint density at radius 1 is 1.31 bits per heavy atom. The van der Waals surface area contributed by atoms with Crippen molar-refractivity contribution in [3.63, 3.8) is 0 Å². The molecule has 0 aliphatic carbocycles. The monoisotopic (exact) mass is 213 g/mol. The molecule has 0 radical (unpaired) electrons. The summed E-state index contributed by atoms with van der Waals surface area (Å²) in [6.07, 6.45) is 1.62. The quantitative estimate of drug-likeness (QED) is 0.675. The summed E-state index contributed by atoms with van der Waals surface area (Å²) in [5, 5.41) is 10.4. The van der Waals surface area contributed by atoms with E-state index in [0.717, 1.165) is 10.9 Å². The van der Waals surface area contributed by atoms with Crippen LogP contribution in [0.4, 0.5) is 0 Å². The first-order valence-electron chi connectivity index (χ1n) is 4.76. The van der Waals surface area contributed by atoms with Gasteiger partial charge in [0.2, 0.25) is 5.76 Å². The van der Waals surface area contributed by atoms with Crippen molar-refractivity contribution in [3.05, 3.63) is 42.3 Å². The van der Waals surface area contributed by atoms with Gasteiger partial charge in [0.25, 0.3) is 0 Å². The van der Waals surface area contributed by atoms with Crippen molar-refractivity contribution in [2.24, 2.45) is 0 Å². The lowest BCUT2D eigenvalue weighted by atomic mass is 10.2. The summed E-state index contributed by atoms with van der Waals surface area (Å²) < 4.78 is 5.30. The van der Waals surface area contributed by atoms with Gasteiger partial charge in [-0.1, -0.05) is 12.1 Å². The molecule has 0 atom stereocenters. The maximum Gasteiger partial charge on any atom is 0.371 e. The predicted molar refractivity (Wildman–Crippen MR) is 58.5 cm³/mol. The van der Waals surface area contributed by atoms with Gasteiger partial charge >= 0.3 is 5.97 Å². The Hall–Kier alpha value is -2.36. The first-order valence-corrected chi connectivity index (χ1v) is 4.76. The van der Waals surface area contributed by atoms with Crippen LogP contribution in [0.2, 0.25) is 0 Å². The van der Waals surface area contributed by atoms with E-state index in [9.17, 15) is 4.79 Å². The van der Waals surface area contributed by atoms with Crippen LogP contribution in [0.5, 0.6) is 0 Å². The average molecular weight is 213 g/mol. The molecule has 0 aliphatic heterocycles. The van der Waals surface area contributed by atoms with E-state index in [4.69, 9.17) is 9.52 Å². The number of furan rings is 1. The highest BCUT2D eigenvalue weighted by Crippen LogP contribution is 2.26. The molecule has 0 fully saturated rings. The van der Waals surface area contributed by atoms with Crippen LogP contribution in [0.1, 0.15) is 10.6 Å². The highest BCUT2D eigenvalue weighted by Gasteiger charge is 2.12. The number of aromatic carboxylic acids is 1. The van der Waals surface area contributed by atoms with Crippen molar-refractivity contribution in [2.45, 2.75) is 0 Å². The second-order valence-electron chi connectivity index (χ2n) is 3.48. The molecule has 16 heavy (non-hydrogen) atoms. The molecule has 1 N–H and O–H groups in total. The van der Waals surface area contributed by atoms with Crippen molar-refractivity contribution in [2.75, 3.05) is 0 Å². The standard InChI is InChI=1S/C12H7NO3/c14-12(15)10-5-7-6-13-9-4-2-1-3-8(9)11(7)16-10/h1-6H,(H,14,15). The number of fused-ring (bicyclic) bond motifs is 3. The number of hydrogen-bond donors (Lipinski definition) is 1. The number of carboxylic acid groups (broad SMARTS) is 1. The zero-order valence-electron chi connectivity index (χ0n) is 8.18. The van der Waals surface area contributed by atoms with Crippen LogP contribution in [0.25, 0.3) is 21.9 Å². The molecule has 0 amide bonds. The summed E-state index contributed by atoms with van der Waals surface area (Å²) in [5.74, 6) is -1.13. The largest absolute Gasteiger partial charge is 0.475 e. The fourth-order valence-corrected chi connectivity index (χ4v) is 1.73. The fourth-order valence-electron chi connectivity index (χ4n) is 1.73. The highest BCUT2D eigenvalue weighted by atomic mass is 16.4. The lowest BCUT2D eigenvalue weighted by molar-refractivity contribution is 0.0665. The van der Waals surface area contributed by atoms with E-state index in [1.807, 2.05) is 24.3 Å². The molecule has 3 rings (SSSR count). The number of benzene rings is 1. The fraction of sp³-hybridized carbons (Fsp3) is 0. The molecule has 1 aromatic carbocycles. The summed E-state index contributed by atoms with van der Waals surface area (Å²) in [7, 11) is 0. The van der Waals surface area contributed by atoms with Gasteiger partial charge in [-0.15, -0.1) is 0 Å². The highest BCUT2D eigenvalue weighted by molar-refractivity contribution is 6.04. The first-order chi connectivity index (χ1) is 7.75. The lowest BCUT2D eigenvalue weighted by Gasteiger charge is -1.95. The van der Waals surface area contributed by atoms with Gasteiger partial charge in [-0.3, -0.25) is 4.98 Å². The van der Waals surface area contributed by atoms with Crippen LogP contribution in [0, 0.1) is 0 Å². The number of aromatic nitrogens is 1. The third-order valence-electron chi connectivity index (χ3n) is 2.46. The number of nitrogens with zero attached hydrogens (tertiary/aromatic N) is 1. The Kier molecular flexibility index (Phi) is 1.71. The molecule has 3 aromatic rings. The Labute approximate surface area is 90.1 Å². The van der Waals surface area contributed by atoms with Gasteiger partial charge in [0.15, 0.2) is 0 Å². The topological polar surface area (TPSA) is 63.3 Å². The third-order valence-corrected chi connectivity index (χ3v) is 2.46. The summed E-state index contributed by atoms with van der Waals surface area (Å²) >= 11 is 0. The van der Waals surface area contributed by atoms with Gasteiger partial charge in [0, 0.05) is 23.0 Å². The van der Waals surface area contributed by atoms with E-state index in [2.05, 4.69) is 4.98 Å². The van der Waals surface area contributed by atoms with Crippen LogP contribution in [-0.2, 0) is 0 Å². The molecule has 0 saturated heterocycles. The molecule has 2 heterocycles. The molecule has 0 unspecified atom stereocenters. The second-order valence-corrected chi connectivity index (χ2v) is 3.48. The first kappa shape index (κ1) is 8.91. The zero-order chi connectivity index (χ0) is 11.1. The van der Waals surface area contributed by atoms with E-state index in [1.165, 1.54) is 6.07 Å². The molecule has 78 valence electrons. The summed E-state index contributed by atoms with van der Waals surface area (Å²) in [4.78, 5) is 15.0. The average Bonchev–Trinajstić information content (AvgIpc) is 2.73. The minimum atomic E-state index is -1.07. The minimum absolute atomic E-state index is 0.0619. The van der Waals surface area contributed by atoms with Crippen LogP contribution in [0.3, 0.4) is 0 Å². The zero-order valence-corrected chi connectivity index (χ0v) is 8.18. The van der Waals surface area contributed by atoms with E-state index < -0.39 is 5.97 Å². The molecule has 4 nitrogen and oxygen atoms in total. The molecule has 0 aliphatic rings. The Morgan fingerprint density at radius 2 is 2.12 bits per heavy atom. The van der Waals surface area contributed by atoms with Crippen molar-refractivity contribution < 1.29 is 14.3 Å². The Bertz CT molecular complexity index is 700. The molecule has 4 heteroatoms. The maximum absolute atomic E-state index is 10.8. The summed E-state index contributed by atoms with van der Waals surface area (Å²) in [6, 6.07) is 8.95. The van der Waals surface area contributed by atoms with E-state index >= 15 is 0 Å². The van der Waals surface area contributed by atoms with E-state index in [-0.39, 0.29) is 5.76 Å². The number of hydrogen-bond acceptors (Lipinski definition) is 3. The van der Waals surface area contributed by atoms with Crippen molar-refractivity contribution in [1.82, 2.24) is 4.98 Å². The number of carboxylic acids is 1. The molecule has 0 bridgehead atoms. The van der Waals surface area contributed by atoms with Crippen LogP contribution in [0.15, 0.2) is 40.9 Å². The van der Waals surface area contributed by atoms with E-state index in [0.29, 0.717) is 11.0 Å². The van der Waals surface area contributed by atoms with Crippen LogP contribution in [-0.4, -0.2) is 16.1 Å². The molecule has 0 saturated carbocycles. The second kappa shape index (κ2) is 3.06. The van der Waals surface area contributed by atoms with Crippen LogP contribution >= 0.6 is 0 Å². The van der Waals surface area contributed by atoms with Crippen molar-refractivity contribution in [3.8, 4) is 0 Å². The smallest absolute Gasteiger partial charge is 0.371 e. The SMILES string of the molecule is O=C(O)c1cc2cnc3ccccc3c2o1. The molecule has 2 aromatic heterocycles.